The number of nitrogens with two attached hydrogens (primary N) is 1. The number of hydrogen-bond donors (Lipinski definition) is 2. The highest BCUT2D eigenvalue weighted by Crippen LogP contribution is 2.28. The summed E-state index contributed by atoms with van der Waals surface area (Å²) in [6, 6.07) is 7.85. The fourth-order valence-corrected chi connectivity index (χ4v) is 1.71. The van der Waals surface area contributed by atoms with E-state index in [1.807, 2.05) is 0 Å². The molecule has 0 unspecified atom stereocenters. The molecule has 0 aliphatic rings. The summed E-state index contributed by atoms with van der Waals surface area (Å²) in [4.78, 5) is 0. The summed E-state index contributed by atoms with van der Waals surface area (Å²) < 4.78 is 32.6. The van der Waals surface area contributed by atoms with Crippen molar-refractivity contribution in [3.8, 4) is 11.5 Å². The Balaban J connectivity index is 2.28. The van der Waals surface area contributed by atoms with Crippen molar-refractivity contribution in [1.29, 1.82) is 0 Å². The van der Waals surface area contributed by atoms with Crippen molar-refractivity contribution in [1.82, 2.24) is 0 Å². The fourth-order valence-electron chi connectivity index (χ4n) is 1.47. The average molecular weight is 343 g/mol. The van der Waals surface area contributed by atoms with Gasteiger partial charge in [0, 0.05) is 11.6 Å². The van der Waals surface area contributed by atoms with Crippen molar-refractivity contribution in [2.75, 3.05) is 0 Å². The molecule has 0 saturated carbocycles. The Morgan fingerprint density at radius 3 is 2.50 bits per heavy atom. The molecule has 0 amide bonds. The summed E-state index contributed by atoms with van der Waals surface area (Å²) in [5, 5.41) is 11.3. The maximum absolute atomic E-state index is 13.8. The van der Waals surface area contributed by atoms with Gasteiger partial charge < -0.3 is 15.7 Å². The van der Waals surface area contributed by atoms with Crippen LogP contribution >= 0.6 is 15.9 Å². The molecule has 20 heavy (non-hydrogen) atoms. The van der Waals surface area contributed by atoms with Gasteiger partial charge in [-0.05, 0) is 46.3 Å². The Hall–Kier alpha value is -2.15. The topological polar surface area (TPSA) is 67.8 Å². The van der Waals surface area contributed by atoms with Crippen LogP contribution in [0.1, 0.15) is 5.56 Å². The van der Waals surface area contributed by atoms with Gasteiger partial charge in [-0.15, -0.1) is 0 Å². The predicted molar refractivity (Wildman–Crippen MR) is 73.1 cm³/mol. The third kappa shape index (κ3) is 3.05. The minimum absolute atomic E-state index is 0.0961. The van der Waals surface area contributed by atoms with E-state index in [1.54, 1.807) is 0 Å². The minimum atomic E-state index is -0.711. The maximum atomic E-state index is 13.8. The van der Waals surface area contributed by atoms with E-state index in [2.05, 4.69) is 21.1 Å². The molecule has 3 N–H and O–H groups in total. The van der Waals surface area contributed by atoms with Crippen molar-refractivity contribution in [2.45, 2.75) is 0 Å². The van der Waals surface area contributed by atoms with Gasteiger partial charge in [0.2, 0.25) is 0 Å². The number of amidine groups is 1. The Morgan fingerprint density at radius 1 is 1.15 bits per heavy atom. The summed E-state index contributed by atoms with van der Waals surface area (Å²) in [5.41, 5.74) is 5.55. The van der Waals surface area contributed by atoms with Crippen LogP contribution in [0.15, 0.2) is 46.0 Å². The Morgan fingerprint density at radius 2 is 1.90 bits per heavy atom. The summed E-state index contributed by atoms with van der Waals surface area (Å²) in [7, 11) is 0. The molecule has 0 bridgehead atoms. The number of halogens is 3. The molecule has 0 spiro atoms. The zero-order valence-corrected chi connectivity index (χ0v) is 11.6. The van der Waals surface area contributed by atoms with E-state index in [1.165, 1.54) is 24.3 Å². The molecule has 2 rings (SSSR count). The predicted octanol–water partition coefficient (Wildman–Crippen LogP) is 3.61. The lowest BCUT2D eigenvalue weighted by Gasteiger charge is -2.08. The van der Waals surface area contributed by atoms with Gasteiger partial charge in [0.1, 0.15) is 11.6 Å². The van der Waals surface area contributed by atoms with Gasteiger partial charge in [0.25, 0.3) is 0 Å². The molecule has 104 valence electrons. The molecule has 0 aliphatic heterocycles. The number of ether oxygens (including phenoxy) is 1. The normalized spacial score (nSPS) is 11.4. The molecule has 0 atom stereocenters. The SMILES string of the molecule is NC(=NO)c1ccc(Oc2ccc(Br)c(F)c2)c(F)c1. The molecular weight excluding hydrogens is 334 g/mol. The van der Waals surface area contributed by atoms with E-state index in [4.69, 9.17) is 15.7 Å². The standard InChI is InChI=1S/C13H9BrF2N2O2/c14-9-3-2-8(6-10(9)15)20-12-4-1-7(5-11(12)16)13(17)18-19/h1-6,19H,(H2,17,18). The Bertz CT molecular complexity index is 677. The summed E-state index contributed by atoms with van der Waals surface area (Å²) in [6.45, 7) is 0. The van der Waals surface area contributed by atoms with Gasteiger partial charge in [-0.1, -0.05) is 5.16 Å². The first kappa shape index (κ1) is 14.3. The van der Waals surface area contributed by atoms with Crippen molar-refractivity contribution in [3.63, 3.8) is 0 Å². The molecule has 4 nitrogen and oxygen atoms in total. The lowest BCUT2D eigenvalue weighted by atomic mass is 10.2. The van der Waals surface area contributed by atoms with Crippen LogP contribution in [-0.2, 0) is 0 Å². The van der Waals surface area contributed by atoms with Crippen molar-refractivity contribution < 1.29 is 18.7 Å². The third-order valence-electron chi connectivity index (χ3n) is 2.45. The second-order valence-corrected chi connectivity index (χ2v) is 4.66. The van der Waals surface area contributed by atoms with Gasteiger partial charge in [-0.25, -0.2) is 8.78 Å². The molecule has 0 fully saturated rings. The van der Waals surface area contributed by atoms with E-state index in [0.29, 0.717) is 0 Å². The first-order chi connectivity index (χ1) is 9.51. The number of nitrogens with zero attached hydrogens (tertiary/aromatic N) is 1. The van der Waals surface area contributed by atoms with E-state index in [-0.39, 0.29) is 27.4 Å². The molecule has 2 aromatic rings. The second-order valence-electron chi connectivity index (χ2n) is 3.81. The van der Waals surface area contributed by atoms with Gasteiger partial charge in [-0.3, -0.25) is 0 Å². The number of benzene rings is 2. The van der Waals surface area contributed by atoms with Crippen molar-refractivity contribution in [3.05, 3.63) is 58.1 Å². The highest BCUT2D eigenvalue weighted by atomic mass is 79.9. The quantitative estimate of drug-likeness (QED) is 0.387. The molecule has 7 heteroatoms. The van der Waals surface area contributed by atoms with Crippen LogP contribution in [0, 0.1) is 11.6 Å². The third-order valence-corrected chi connectivity index (χ3v) is 3.10. The van der Waals surface area contributed by atoms with Gasteiger partial charge in [0.05, 0.1) is 4.47 Å². The fraction of sp³-hybridized carbons (Fsp3) is 0. The zero-order chi connectivity index (χ0) is 14.7. The molecule has 0 radical (unpaired) electrons. The lowest BCUT2D eigenvalue weighted by molar-refractivity contribution is 0.318. The highest BCUT2D eigenvalue weighted by Gasteiger charge is 2.09. The van der Waals surface area contributed by atoms with Crippen LogP contribution in [0.3, 0.4) is 0 Å². The van der Waals surface area contributed by atoms with E-state index in [0.717, 1.165) is 12.1 Å². The van der Waals surface area contributed by atoms with Crippen LogP contribution in [-0.4, -0.2) is 11.0 Å². The van der Waals surface area contributed by atoms with Crippen LogP contribution in [0.2, 0.25) is 0 Å². The lowest BCUT2D eigenvalue weighted by Crippen LogP contribution is -2.13. The van der Waals surface area contributed by atoms with Crippen LogP contribution in [0.4, 0.5) is 8.78 Å². The largest absolute Gasteiger partial charge is 0.454 e. The molecule has 2 aromatic carbocycles. The molecule has 0 saturated heterocycles. The molecule has 0 aliphatic carbocycles. The average Bonchev–Trinajstić information content (AvgIpc) is 2.44. The monoisotopic (exact) mass is 342 g/mol. The van der Waals surface area contributed by atoms with Crippen LogP contribution in [0.5, 0.6) is 11.5 Å². The number of hydrogen-bond acceptors (Lipinski definition) is 3. The maximum Gasteiger partial charge on any atom is 0.170 e. The summed E-state index contributed by atoms with van der Waals surface area (Å²) >= 11 is 3.01. The Kier molecular flexibility index (Phi) is 4.19. The van der Waals surface area contributed by atoms with Gasteiger partial charge in [-0.2, -0.15) is 0 Å². The van der Waals surface area contributed by atoms with Crippen LogP contribution in [0.25, 0.3) is 0 Å². The van der Waals surface area contributed by atoms with E-state index in [9.17, 15) is 8.78 Å². The number of rotatable bonds is 3. The van der Waals surface area contributed by atoms with E-state index >= 15 is 0 Å². The van der Waals surface area contributed by atoms with Gasteiger partial charge >= 0.3 is 0 Å². The van der Waals surface area contributed by atoms with Crippen LogP contribution < -0.4 is 10.5 Å². The first-order valence-electron chi connectivity index (χ1n) is 5.41. The summed E-state index contributed by atoms with van der Waals surface area (Å²) in [6.07, 6.45) is 0. The zero-order valence-electron chi connectivity index (χ0n) is 9.98. The first-order valence-corrected chi connectivity index (χ1v) is 6.21. The van der Waals surface area contributed by atoms with E-state index < -0.39 is 11.6 Å². The summed E-state index contributed by atoms with van der Waals surface area (Å²) in [5.74, 6) is -1.39. The highest BCUT2D eigenvalue weighted by molar-refractivity contribution is 9.10. The smallest absolute Gasteiger partial charge is 0.170 e. The van der Waals surface area contributed by atoms with Gasteiger partial charge in [0.15, 0.2) is 17.4 Å². The second kappa shape index (κ2) is 5.87. The molecule has 0 aromatic heterocycles. The van der Waals surface area contributed by atoms with Crippen molar-refractivity contribution in [2.24, 2.45) is 10.9 Å². The molecule has 0 heterocycles. The Labute approximate surface area is 121 Å². The van der Waals surface area contributed by atoms with Crippen molar-refractivity contribution >= 4 is 21.8 Å². The molecular formula is C13H9BrF2N2O2. The number of oxime groups is 1. The minimum Gasteiger partial charge on any atom is -0.454 e.